The molecule has 0 fully saturated rings. The average Bonchev–Trinajstić information content (AvgIpc) is 2.88. The van der Waals surface area contributed by atoms with E-state index in [9.17, 15) is 9.59 Å². The third kappa shape index (κ3) is 5.34. The van der Waals surface area contributed by atoms with Gasteiger partial charge in [-0.3, -0.25) is 9.59 Å². The Kier molecular flexibility index (Phi) is 9.62. The van der Waals surface area contributed by atoms with Crippen molar-refractivity contribution in [2.24, 2.45) is 18.7 Å². The number of amides is 2. The molecule has 9 heteroatoms. The Labute approximate surface area is 167 Å². The highest BCUT2D eigenvalue weighted by atomic mass is 35.5. The van der Waals surface area contributed by atoms with E-state index in [2.05, 4.69) is 23.7 Å². The normalized spacial score (nSPS) is 14.4. The Bertz CT molecular complexity index is 631. The standard InChI is InChI=1S/C17H29N5O2.2ClH/c1-10(2)15(18)17(24)19-8-14(23)22-7-6-13-12(9-22)20-16(11(3)4)21(13)5;;/h10-11,15H,6-9,18H2,1-5H3,(H,19,24);2*1H/t15-;;/m0../s1. The molecule has 0 spiro atoms. The number of aromatic nitrogens is 2. The minimum absolute atomic E-state index is 0. The fourth-order valence-electron chi connectivity index (χ4n) is 2.97. The molecule has 2 amide bonds. The number of carbonyl (C=O) groups excluding carboxylic acids is 2. The number of carbonyl (C=O) groups is 2. The van der Waals surface area contributed by atoms with Crippen LogP contribution in [-0.4, -0.2) is 45.4 Å². The zero-order valence-electron chi connectivity index (χ0n) is 16.1. The maximum atomic E-state index is 12.4. The summed E-state index contributed by atoms with van der Waals surface area (Å²) in [6.07, 6.45) is 0.788. The number of halogens is 2. The Morgan fingerprint density at radius 1 is 1.23 bits per heavy atom. The first kappa shape index (κ1) is 24.7. The first-order valence-electron chi connectivity index (χ1n) is 8.57. The number of hydrogen-bond donors (Lipinski definition) is 2. The molecule has 7 nitrogen and oxygen atoms in total. The highest BCUT2D eigenvalue weighted by Gasteiger charge is 2.27. The predicted molar refractivity (Wildman–Crippen MR) is 107 cm³/mol. The first-order chi connectivity index (χ1) is 11.2. The van der Waals surface area contributed by atoms with Crippen LogP contribution in [0.4, 0.5) is 0 Å². The number of nitrogens with two attached hydrogens (primary N) is 1. The molecule has 0 saturated heterocycles. The number of fused-ring (bicyclic) bond motifs is 1. The summed E-state index contributed by atoms with van der Waals surface area (Å²) in [5, 5.41) is 2.64. The van der Waals surface area contributed by atoms with Crippen molar-refractivity contribution in [3.05, 3.63) is 17.2 Å². The first-order valence-corrected chi connectivity index (χ1v) is 8.57. The number of hydrogen-bond acceptors (Lipinski definition) is 4. The highest BCUT2D eigenvalue weighted by molar-refractivity contribution is 5.87. The lowest BCUT2D eigenvalue weighted by Crippen LogP contribution is -2.48. The second-order valence-electron chi connectivity index (χ2n) is 7.13. The third-order valence-corrected chi connectivity index (χ3v) is 4.59. The van der Waals surface area contributed by atoms with E-state index in [1.807, 2.05) is 20.9 Å². The van der Waals surface area contributed by atoms with E-state index in [0.717, 1.165) is 17.9 Å². The molecule has 0 bridgehead atoms. The van der Waals surface area contributed by atoms with Crippen LogP contribution in [0.1, 0.15) is 50.8 Å². The third-order valence-electron chi connectivity index (χ3n) is 4.59. The molecule has 3 N–H and O–H groups in total. The molecule has 0 aromatic carbocycles. The van der Waals surface area contributed by atoms with E-state index >= 15 is 0 Å². The topological polar surface area (TPSA) is 93.2 Å². The molecule has 150 valence electrons. The van der Waals surface area contributed by atoms with Crippen LogP contribution in [0.5, 0.6) is 0 Å². The monoisotopic (exact) mass is 407 g/mol. The van der Waals surface area contributed by atoms with Crippen LogP contribution in [0.3, 0.4) is 0 Å². The van der Waals surface area contributed by atoms with Crippen molar-refractivity contribution >= 4 is 36.6 Å². The van der Waals surface area contributed by atoms with Crippen molar-refractivity contribution in [1.29, 1.82) is 0 Å². The summed E-state index contributed by atoms with van der Waals surface area (Å²) < 4.78 is 2.14. The van der Waals surface area contributed by atoms with Gasteiger partial charge in [0.05, 0.1) is 24.8 Å². The molecule has 2 rings (SSSR count). The minimum Gasteiger partial charge on any atom is -0.346 e. The van der Waals surface area contributed by atoms with E-state index in [0.29, 0.717) is 19.0 Å². The van der Waals surface area contributed by atoms with Crippen molar-refractivity contribution in [1.82, 2.24) is 19.8 Å². The van der Waals surface area contributed by atoms with Gasteiger partial charge in [-0.25, -0.2) is 4.98 Å². The molecule has 1 aromatic heterocycles. The summed E-state index contributed by atoms with van der Waals surface area (Å²) in [5.41, 5.74) is 7.95. The SMILES string of the molecule is CC(C)c1nc2c(n1C)CCN(C(=O)CNC(=O)[C@@H](N)C(C)C)C2.Cl.Cl. The molecular formula is C17H31Cl2N5O2. The van der Waals surface area contributed by atoms with Crippen molar-refractivity contribution < 1.29 is 9.59 Å². The van der Waals surface area contributed by atoms with Crippen LogP contribution >= 0.6 is 24.8 Å². The highest BCUT2D eigenvalue weighted by Crippen LogP contribution is 2.23. The van der Waals surface area contributed by atoms with Crippen molar-refractivity contribution in [3.63, 3.8) is 0 Å². The number of imidazole rings is 1. The molecule has 1 aliphatic heterocycles. The van der Waals surface area contributed by atoms with Gasteiger partial charge < -0.3 is 20.5 Å². The van der Waals surface area contributed by atoms with Gasteiger partial charge in [-0.1, -0.05) is 27.7 Å². The molecule has 26 heavy (non-hydrogen) atoms. The maximum Gasteiger partial charge on any atom is 0.242 e. The summed E-state index contributed by atoms with van der Waals surface area (Å²) in [6.45, 7) is 9.12. The van der Waals surface area contributed by atoms with Crippen LogP contribution in [0.15, 0.2) is 0 Å². The summed E-state index contributed by atoms with van der Waals surface area (Å²) >= 11 is 0. The van der Waals surface area contributed by atoms with Gasteiger partial charge in [0.2, 0.25) is 11.8 Å². The van der Waals surface area contributed by atoms with Gasteiger partial charge in [0, 0.05) is 31.6 Å². The van der Waals surface area contributed by atoms with E-state index in [1.54, 1.807) is 4.90 Å². The van der Waals surface area contributed by atoms with Crippen molar-refractivity contribution in [3.8, 4) is 0 Å². The van der Waals surface area contributed by atoms with E-state index in [1.165, 1.54) is 5.69 Å². The van der Waals surface area contributed by atoms with Gasteiger partial charge in [0.15, 0.2) is 0 Å². The summed E-state index contributed by atoms with van der Waals surface area (Å²) in [4.78, 5) is 30.7. The van der Waals surface area contributed by atoms with Crippen LogP contribution < -0.4 is 11.1 Å². The molecular weight excluding hydrogens is 377 g/mol. The number of rotatable bonds is 5. The lowest BCUT2D eigenvalue weighted by Gasteiger charge is -2.27. The summed E-state index contributed by atoms with van der Waals surface area (Å²) in [5.74, 6) is 1.06. The van der Waals surface area contributed by atoms with E-state index < -0.39 is 6.04 Å². The second kappa shape index (κ2) is 10.1. The molecule has 2 heterocycles. The fraction of sp³-hybridized carbons (Fsp3) is 0.706. The zero-order valence-corrected chi connectivity index (χ0v) is 17.7. The van der Waals surface area contributed by atoms with Gasteiger partial charge in [0.25, 0.3) is 0 Å². The fourth-order valence-corrected chi connectivity index (χ4v) is 2.97. The van der Waals surface area contributed by atoms with Gasteiger partial charge in [-0.15, -0.1) is 24.8 Å². The molecule has 0 radical (unpaired) electrons. The lowest BCUT2D eigenvalue weighted by molar-refractivity contribution is -0.134. The predicted octanol–water partition coefficient (Wildman–Crippen LogP) is 1.37. The van der Waals surface area contributed by atoms with Crippen molar-refractivity contribution in [2.75, 3.05) is 13.1 Å². The van der Waals surface area contributed by atoms with Crippen LogP contribution in [-0.2, 0) is 29.6 Å². The average molecular weight is 408 g/mol. The van der Waals surface area contributed by atoms with Gasteiger partial charge in [-0.05, 0) is 5.92 Å². The van der Waals surface area contributed by atoms with Crippen molar-refractivity contribution in [2.45, 2.75) is 52.6 Å². The second-order valence-corrected chi connectivity index (χ2v) is 7.13. The van der Waals surface area contributed by atoms with Gasteiger partial charge in [-0.2, -0.15) is 0 Å². The maximum absolute atomic E-state index is 12.4. The Balaban J connectivity index is 0.00000312. The number of nitrogens with zero attached hydrogens (tertiary/aromatic N) is 3. The van der Waals surface area contributed by atoms with Gasteiger partial charge >= 0.3 is 0 Å². The summed E-state index contributed by atoms with van der Waals surface area (Å²) in [7, 11) is 2.03. The Morgan fingerprint density at radius 2 is 1.85 bits per heavy atom. The Hall–Kier alpha value is -1.31. The molecule has 0 aliphatic carbocycles. The smallest absolute Gasteiger partial charge is 0.242 e. The van der Waals surface area contributed by atoms with Crippen LogP contribution in [0, 0.1) is 5.92 Å². The zero-order chi connectivity index (χ0) is 18.0. The van der Waals surface area contributed by atoms with Gasteiger partial charge in [0.1, 0.15) is 5.82 Å². The molecule has 1 aromatic rings. The Morgan fingerprint density at radius 3 is 2.38 bits per heavy atom. The molecule has 1 atom stereocenters. The van der Waals surface area contributed by atoms with E-state index in [4.69, 9.17) is 10.7 Å². The quantitative estimate of drug-likeness (QED) is 0.770. The van der Waals surface area contributed by atoms with E-state index in [-0.39, 0.29) is 49.1 Å². The lowest BCUT2D eigenvalue weighted by atomic mass is 10.1. The number of nitrogens with one attached hydrogen (secondary N) is 1. The molecule has 1 aliphatic rings. The van der Waals surface area contributed by atoms with Crippen LogP contribution in [0.25, 0.3) is 0 Å². The molecule has 0 saturated carbocycles. The van der Waals surface area contributed by atoms with Crippen LogP contribution in [0.2, 0.25) is 0 Å². The minimum atomic E-state index is -0.588. The summed E-state index contributed by atoms with van der Waals surface area (Å²) in [6, 6.07) is -0.588. The largest absolute Gasteiger partial charge is 0.346 e. The molecule has 0 unspecified atom stereocenters.